The van der Waals surface area contributed by atoms with Crippen LogP contribution in [0.25, 0.3) is 16.7 Å². The smallest absolute Gasteiger partial charge is 0.336 e. The predicted octanol–water partition coefficient (Wildman–Crippen LogP) is 1.89. The van der Waals surface area contributed by atoms with Crippen LogP contribution in [-0.2, 0) is 30.4 Å². The number of likely N-dealkylation sites (N-methyl/N-ethyl adjacent to an activating group) is 1. The normalized spacial score (nSPS) is 17.7. The largest absolute Gasteiger partial charge is 0.748 e. The van der Waals surface area contributed by atoms with Crippen LogP contribution >= 0.6 is 0 Å². The van der Waals surface area contributed by atoms with E-state index in [4.69, 9.17) is 4.74 Å². The first-order chi connectivity index (χ1) is 23.3. The first kappa shape index (κ1) is 36.3. The molecule has 0 unspecified atom stereocenters. The second kappa shape index (κ2) is 11.5. The second-order valence-electron chi connectivity index (χ2n) is 13.7. The van der Waals surface area contributed by atoms with E-state index < -0.39 is 69.6 Å². The van der Waals surface area contributed by atoms with Gasteiger partial charge in [0.1, 0.15) is 35.4 Å². The van der Waals surface area contributed by atoms with Crippen molar-refractivity contribution < 1.29 is 58.1 Å². The number of aromatic carboxylic acids is 1. The highest BCUT2D eigenvalue weighted by Gasteiger charge is 2.44. The molecule has 51 heavy (non-hydrogen) atoms. The van der Waals surface area contributed by atoms with Crippen molar-refractivity contribution in [1.82, 2.24) is 4.58 Å². The fourth-order valence-electron chi connectivity index (χ4n) is 6.89. The molecule has 3 heterocycles. The van der Waals surface area contributed by atoms with Crippen LogP contribution in [0.5, 0.6) is 11.5 Å². The predicted molar refractivity (Wildman–Crippen MR) is 184 cm³/mol. The van der Waals surface area contributed by atoms with E-state index in [-0.39, 0.29) is 55.6 Å². The lowest BCUT2D eigenvalue weighted by Gasteiger charge is -2.32. The highest BCUT2D eigenvalue weighted by molar-refractivity contribution is 7.86. The summed E-state index contributed by atoms with van der Waals surface area (Å²) in [5.41, 5.74) is -2.34. The van der Waals surface area contributed by atoms with Crippen molar-refractivity contribution in [3.63, 3.8) is 0 Å². The van der Waals surface area contributed by atoms with E-state index in [2.05, 4.69) is 6.72 Å². The number of ether oxygens (including phenoxy) is 1. The SMILES string of the molecule is C=[N+]1c2c(cc3c(c2S(=O)(=O)[O-])Oc2cc4c(cc2=C3c2ccccc2C(=O)O)C(CS(=O)(=O)O)=CC(C)(C)[N+]=4C)C(CS(=O)(=O)[O-])=CC1(C)C. The number of carboxylic acid groups (broad SMARTS) is 1. The van der Waals surface area contributed by atoms with Crippen LogP contribution in [0.2, 0.25) is 0 Å². The number of hydrogen-bond acceptors (Lipinski definition) is 10. The summed E-state index contributed by atoms with van der Waals surface area (Å²) in [5.74, 6) is -3.73. The summed E-state index contributed by atoms with van der Waals surface area (Å²) in [5, 5.41) is 10.8. The molecule has 0 bridgehead atoms. The third-order valence-corrected chi connectivity index (χ3v) is 11.6. The molecule has 268 valence electrons. The van der Waals surface area contributed by atoms with Crippen LogP contribution in [0.15, 0.2) is 59.5 Å². The zero-order valence-corrected chi connectivity index (χ0v) is 30.4. The van der Waals surface area contributed by atoms with Crippen LogP contribution in [0.4, 0.5) is 5.69 Å². The monoisotopic (exact) mass is 756 g/mol. The van der Waals surface area contributed by atoms with Gasteiger partial charge in [-0.25, -0.2) is 26.2 Å². The molecular weight excluding hydrogens is 725 g/mol. The zero-order valence-electron chi connectivity index (χ0n) is 27.9. The molecule has 0 fully saturated rings. The third kappa shape index (κ3) is 6.34. The van der Waals surface area contributed by atoms with E-state index in [0.29, 0.717) is 10.9 Å². The number of carbonyl (C=O) groups is 1. The van der Waals surface area contributed by atoms with Crippen LogP contribution in [0, 0.1) is 0 Å². The molecule has 0 radical (unpaired) electrons. The minimum atomic E-state index is -5.50. The molecule has 0 spiro atoms. The number of hydrogen-bond donors (Lipinski definition) is 2. The Bertz CT molecular complexity index is 2690. The van der Waals surface area contributed by atoms with Gasteiger partial charge in [0, 0.05) is 44.1 Å². The summed E-state index contributed by atoms with van der Waals surface area (Å²) in [7, 11) is -13.3. The Morgan fingerprint density at radius 3 is 2.06 bits per heavy atom. The van der Waals surface area contributed by atoms with Gasteiger partial charge in [-0.15, -0.1) is 0 Å². The van der Waals surface area contributed by atoms with Crippen LogP contribution in [0.1, 0.15) is 60.3 Å². The van der Waals surface area contributed by atoms with Gasteiger partial charge in [0.15, 0.2) is 21.7 Å². The highest BCUT2D eigenvalue weighted by atomic mass is 32.2. The van der Waals surface area contributed by atoms with Crippen LogP contribution in [-0.4, -0.2) is 90.9 Å². The lowest BCUT2D eigenvalue weighted by molar-refractivity contribution is -0.504. The molecule has 0 saturated heterocycles. The summed E-state index contributed by atoms with van der Waals surface area (Å²) in [6.45, 7) is 10.7. The van der Waals surface area contributed by atoms with E-state index in [9.17, 15) is 48.8 Å². The molecule has 3 aliphatic heterocycles. The average molecular weight is 757 g/mol. The zero-order chi connectivity index (χ0) is 37.8. The molecular formula is C34H32N2O12S3. The van der Waals surface area contributed by atoms with Crippen molar-refractivity contribution in [3.05, 3.63) is 93.0 Å². The molecule has 14 nitrogen and oxygen atoms in total. The molecule has 3 aromatic rings. The molecule has 3 aromatic carbocycles. The topological polar surface area (TPSA) is 221 Å². The fraction of sp³-hybridized carbons (Fsp3) is 0.265. The van der Waals surface area contributed by atoms with Gasteiger partial charge in [0.25, 0.3) is 10.1 Å². The lowest BCUT2D eigenvalue weighted by atomic mass is 9.84. The summed E-state index contributed by atoms with van der Waals surface area (Å²) < 4.78 is 120. The van der Waals surface area contributed by atoms with E-state index in [1.54, 1.807) is 45.4 Å². The number of rotatable bonds is 7. The van der Waals surface area contributed by atoms with Crippen LogP contribution in [0.3, 0.4) is 0 Å². The molecule has 6 rings (SSSR count). The van der Waals surface area contributed by atoms with E-state index >= 15 is 0 Å². The summed E-state index contributed by atoms with van der Waals surface area (Å²) in [6, 6.07) is 10.1. The van der Waals surface area contributed by atoms with E-state index in [0.717, 1.165) is 0 Å². The Balaban J connectivity index is 1.88. The van der Waals surface area contributed by atoms with Gasteiger partial charge in [0.05, 0.1) is 38.6 Å². The van der Waals surface area contributed by atoms with Crippen molar-refractivity contribution in [3.8, 4) is 11.5 Å². The molecule has 0 atom stereocenters. The van der Waals surface area contributed by atoms with Crippen molar-refractivity contribution >= 4 is 65.4 Å². The molecule has 2 N–H and O–H groups in total. The molecule has 17 heteroatoms. The van der Waals surface area contributed by atoms with Gasteiger partial charge in [-0.05, 0) is 47.1 Å². The fourth-order valence-corrected chi connectivity index (χ4v) is 8.97. The van der Waals surface area contributed by atoms with Crippen LogP contribution < -0.4 is 19.9 Å². The van der Waals surface area contributed by atoms with Gasteiger partial charge >= 0.3 is 5.97 Å². The molecule has 3 aliphatic rings. The number of carboxylic acids is 1. The van der Waals surface area contributed by atoms with Crippen molar-refractivity contribution in [2.75, 3.05) is 18.6 Å². The van der Waals surface area contributed by atoms with Gasteiger partial charge in [0.2, 0.25) is 11.0 Å². The summed E-state index contributed by atoms with van der Waals surface area (Å²) >= 11 is 0. The Morgan fingerprint density at radius 2 is 1.47 bits per heavy atom. The Kier molecular flexibility index (Phi) is 8.18. The quantitative estimate of drug-likeness (QED) is 0.204. The number of nitrogens with zero attached hydrogens (tertiary/aromatic N) is 2. The Labute approximate surface area is 293 Å². The lowest BCUT2D eigenvalue weighted by Crippen LogP contribution is -2.47. The number of benzene rings is 3. The summed E-state index contributed by atoms with van der Waals surface area (Å²) in [4.78, 5) is 11.7. The summed E-state index contributed by atoms with van der Waals surface area (Å²) in [6.07, 6.45) is 3.07. The van der Waals surface area contributed by atoms with Crippen molar-refractivity contribution in [1.29, 1.82) is 0 Å². The first-order valence-electron chi connectivity index (χ1n) is 15.2. The molecule has 0 aromatic heterocycles. The van der Waals surface area contributed by atoms with E-state index in [1.807, 2.05) is 0 Å². The maximum atomic E-state index is 13.3. The Morgan fingerprint density at radius 1 is 0.863 bits per heavy atom. The average Bonchev–Trinajstić information content (AvgIpc) is 2.97. The van der Waals surface area contributed by atoms with Crippen molar-refractivity contribution in [2.45, 2.75) is 43.7 Å². The highest BCUT2D eigenvalue weighted by Crippen LogP contribution is 2.51. The molecule has 0 amide bonds. The molecule has 0 aliphatic carbocycles. The van der Waals surface area contributed by atoms with Gasteiger partial charge in [-0.3, -0.25) is 4.55 Å². The molecule has 0 saturated carbocycles. The maximum Gasteiger partial charge on any atom is 0.336 e. The van der Waals surface area contributed by atoms with Gasteiger partial charge in [-0.2, -0.15) is 13.0 Å². The van der Waals surface area contributed by atoms with E-state index in [1.165, 1.54) is 53.1 Å². The third-order valence-electron chi connectivity index (χ3n) is 9.34. The number of fused-ring (bicyclic) bond motifs is 4. The second-order valence-corrected chi connectivity index (χ2v) is 17.9. The Hall–Kier alpha value is -4.52. The van der Waals surface area contributed by atoms with Gasteiger partial charge in [-0.1, -0.05) is 18.2 Å². The minimum absolute atomic E-state index is 0.0272. The maximum absolute atomic E-state index is 13.3. The standard InChI is InChI=1S/C34H32N2O12S3/c1-33(2)14-18(16-49(39,40)41)22-11-24-27(13-26(22)35(33)5)48-30-25(28(24)20-9-7-8-10-21(20)32(37)38)12-23-19(17-50(42,43)44)15-34(3,4)36(6)29(23)31(30)51(45,46)47/h7-15H,6,16-17H2,1-5H3,(H2-2,37,38,39,40,41,42,43,44,45,46,47). The minimum Gasteiger partial charge on any atom is -0.748 e. The van der Waals surface area contributed by atoms with Crippen molar-refractivity contribution in [2.24, 2.45) is 0 Å². The first-order valence-corrected chi connectivity index (χ1v) is 19.8. The van der Waals surface area contributed by atoms with Gasteiger partial charge < -0.3 is 18.9 Å².